The zero-order chi connectivity index (χ0) is 12.3. The topological polar surface area (TPSA) is 38.5 Å². The molecule has 1 aliphatic heterocycles. The highest BCUT2D eigenvalue weighted by atomic mass is 19.1. The van der Waals surface area contributed by atoms with E-state index in [-0.39, 0.29) is 11.4 Å². The lowest BCUT2D eigenvalue weighted by molar-refractivity contribution is 0.177. The van der Waals surface area contributed by atoms with Gasteiger partial charge in [-0.2, -0.15) is 0 Å². The van der Waals surface area contributed by atoms with E-state index in [1.54, 1.807) is 12.1 Å². The average molecular weight is 238 g/mol. The lowest BCUT2D eigenvalue weighted by Crippen LogP contribution is -2.55. The zero-order valence-corrected chi connectivity index (χ0v) is 10.2. The van der Waals surface area contributed by atoms with Gasteiger partial charge in [0.05, 0.1) is 17.8 Å². The molecule has 1 fully saturated rings. The Morgan fingerprint density at radius 3 is 2.76 bits per heavy atom. The molecule has 1 unspecified atom stereocenters. The normalized spacial score (nSPS) is 23.9. The Hall–Kier alpha value is -1.13. The van der Waals surface area contributed by atoms with Crippen molar-refractivity contribution in [3.8, 4) is 0 Å². The van der Waals surface area contributed by atoms with Crippen molar-refractivity contribution in [3.63, 3.8) is 0 Å². The fourth-order valence-corrected chi connectivity index (χ4v) is 2.51. The summed E-state index contributed by atoms with van der Waals surface area (Å²) in [6, 6.07) is 6.83. The molecule has 0 aliphatic carbocycles. The van der Waals surface area contributed by atoms with Gasteiger partial charge >= 0.3 is 0 Å². The highest BCUT2D eigenvalue weighted by molar-refractivity contribution is 5.50. The van der Waals surface area contributed by atoms with E-state index in [1.807, 2.05) is 17.9 Å². The third kappa shape index (κ3) is 2.15. The molecule has 1 aliphatic rings. The molecule has 94 valence electrons. The standard InChI is InChI=1S/C13H19FN2O/c1-2-16(12-6-4-3-5-11(12)14)13(9-15)7-8-17-10-13/h3-6H,2,7-10,15H2,1H3. The van der Waals surface area contributed by atoms with E-state index in [0.29, 0.717) is 25.4 Å². The van der Waals surface area contributed by atoms with E-state index in [1.165, 1.54) is 6.07 Å². The molecule has 0 radical (unpaired) electrons. The van der Waals surface area contributed by atoms with Crippen molar-refractivity contribution < 1.29 is 9.13 Å². The quantitative estimate of drug-likeness (QED) is 0.868. The van der Waals surface area contributed by atoms with Gasteiger partial charge in [-0.05, 0) is 25.5 Å². The molecule has 1 atom stereocenters. The summed E-state index contributed by atoms with van der Waals surface area (Å²) in [5.74, 6) is -0.200. The summed E-state index contributed by atoms with van der Waals surface area (Å²) < 4.78 is 19.3. The molecule has 4 heteroatoms. The SMILES string of the molecule is CCN(c1ccccc1F)C1(CN)CCOC1. The first-order chi connectivity index (χ1) is 8.23. The maximum atomic E-state index is 13.9. The van der Waals surface area contributed by atoms with Gasteiger partial charge in [-0.15, -0.1) is 0 Å². The Morgan fingerprint density at radius 2 is 2.24 bits per heavy atom. The van der Waals surface area contributed by atoms with E-state index < -0.39 is 0 Å². The van der Waals surface area contributed by atoms with Gasteiger partial charge < -0.3 is 15.4 Å². The van der Waals surface area contributed by atoms with Gasteiger partial charge in [-0.3, -0.25) is 0 Å². The van der Waals surface area contributed by atoms with Crippen LogP contribution in [-0.4, -0.2) is 31.8 Å². The van der Waals surface area contributed by atoms with Gasteiger partial charge in [0.25, 0.3) is 0 Å². The van der Waals surface area contributed by atoms with Crippen molar-refractivity contribution in [2.24, 2.45) is 5.73 Å². The van der Waals surface area contributed by atoms with Crippen molar-refractivity contribution >= 4 is 5.69 Å². The van der Waals surface area contributed by atoms with Crippen LogP contribution in [0.2, 0.25) is 0 Å². The maximum Gasteiger partial charge on any atom is 0.146 e. The molecule has 1 heterocycles. The zero-order valence-electron chi connectivity index (χ0n) is 10.2. The van der Waals surface area contributed by atoms with Crippen LogP contribution in [0.4, 0.5) is 10.1 Å². The van der Waals surface area contributed by atoms with Crippen LogP contribution < -0.4 is 10.6 Å². The second kappa shape index (κ2) is 5.02. The Balaban J connectivity index is 2.36. The molecule has 1 aromatic carbocycles. The molecule has 2 N–H and O–H groups in total. The van der Waals surface area contributed by atoms with Crippen LogP contribution in [0.5, 0.6) is 0 Å². The molecule has 0 amide bonds. The molecular weight excluding hydrogens is 219 g/mol. The summed E-state index contributed by atoms with van der Waals surface area (Å²) in [5, 5.41) is 0. The first-order valence-electron chi connectivity index (χ1n) is 6.03. The van der Waals surface area contributed by atoms with Gasteiger partial charge in [0.2, 0.25) is 0 Å². The van der Waals surface area contributed by atoms with E-state index in [2.05, 4.69) is 0 Å². The number of halogens is 1. The number of ether oxygens (including phenoxy) is 1. The predicted molar refractivity (Wildman–Crippen MR) is 66.6 cm³/mol. The molecule has 0 spiro atoms. The summed E-state index contributed by atoms with van der Waals surface area (Å²) in [5.41, 5.74) is 6.25. The number of para-hydroxylation sites is 1. The molecule has 2 rings (SSSR count). The summed E-state index contributed by atoms with van der Waals surface area (Å²) in [7, 11) is 0. The Labute approximate surface area is 101 Å². The van der Waals surface area contributed by atoms with E-state index in [4.69, 9.17) is 10.5 Å². The molecule has 17 heavy (non-hydrogen) atoms. The third-order valence-electron chi connectivity index (χ3n) is 3.49. The number of hydrogen-bond donors (Lipinski definition) is 1. The summed E-state index contributed by atoms with van der Waals surface area (Å²) in [6.07, 6.45) is 0.853. The molecule has 3 nitrogen and oxygen atoms in total. The van der Waals surface area contributed by atoms with Gasteiger partial charge in [0.1, 0.15) is 5.82 Å². The number of nitrogens with zero attached hydrogens (tertiary/aromatic N) is 1. The molecule has 0 bridgehead atoms. The number of nitrogens with two attached hydrogens (primary N) is 1. The van der Waals surface area contributed by atoms with Gasteiger partial charge in [0, 0.05) is 19.7 Å². The van der Waals surface area contributed by atoms with Crippen molar-refractivity contribution in [1.29, 1.82) is 0 Å². The predicted octanol–water partition coefficient (Wildman–Crippen LogP) is 1.77. The molecule has 0 saturated carbocycles. The van der Waals surface area contributed by atoms with Crippen molar-refractivity contribution in [2.45, 2.75) is 18.9 Å². The fourth-order valence-electron chi connectivity index (χ4n) is 2.51. The van der Waals surface area contributed by atoms with Crippen LogP contribution in [0, 0.1) is 5.82 Å². The number of rotatable bonds is 4. The fraction of sp³-hybridized carbons (Fsp3) is 0.538. The summed E-state index contributed by atoms with van der Waals surface area (Å²) >= 11 is 0. The van der Waals surface area contributed by atoms with Crippen LogP contribution in [0.25, 0.3) is 0 Å². The highest BCUT2D eigenvalue weighted by Gasteiger charge is 2.39. The number of anilines is 1. The monoisotopic (exact) mass is 238 g/mol. The maximum absolute atomic E-state index is 13.9. The summed E-state index contributed by atoms with van der Waals surface area (Å²) in [6.45, 7) is 4.49. The minimum absolute atomic E-state index is 0.200. The van der Waals surface area contributed by atoms with E-state index in [9.17, 15) is 4.39 Å². The van der Waals surface area contributed by atoms with E-state index in [0.717, 1.165) is 13.0 Å². The Kier molecular flexibility index (Phi) is 3.64. The van der Waals surface area contributed by atoms with E-state index >= 15 is 0 Å². The van der Waals surface area contributed by atoms with Gasteiger partial charge in [0.15, 0.2) is 0 Å². The first-order valence-corrected chi connectivity index (χ1v) is 6.03. The second-order valence-corrected chi connectivity index (χ2v) is 4.43. The summed E-state index contributed by atoms with van der Waals surface area (Å²) in [4.78, 5) is 2.04. The molecule has 1 aromatic rings. The Morgan fingerprint density at radius 1 is 1.47 bits per heavy atom. The first kappa shape index (κ1) is 12.3. The van der Waals surface area contributed by atoms with Crippen LogP contribution in [-0.2, 0) is 4.74 Å². The molecular formula is C13H19FN2O. The average Bonchev–Trinajstić information content (AvgIpc) is 2.82. The highest BCUT2D eigenvalue weighted by Crippen LogP contribution is 2.31. The lowest BCUT2D eigenvalue weighted by atomic mass is 9.95. The third-order valence-corrected chi connectivity index (χ3v) is 3.49. The van der Waals surface area contributed by atoms with Crippen LogP contribution >= 0.6 is 0 Å². The minimum Gasteiger partial charge on any atom is -0.379 e. The van der Waals surface area contributed by atoms with Crippen molar-refractivity contribution in [2.75, 3.05) is 31.2 Å². The second-order valence-electron chi connectivity index (χ2n) is 4.43. The Bertz CT molecular complexity index is 377. The van der Waals surface area contributed by atoms with Crippen LogP contribution in [0.3, 0.4) is 0 Å². The molecule has 0 aromatic heterocycles. The van der Waals surface area contributed by atoms with Gasteiger partial charge in [-0.1, -0.05) is 12.1 Å². The smallest absolute Gasteiger partial charge is 0.146 e. The van der Waals surface area contributed by atoms with Crippen molar-refractivity contribution in [3.05, 3.63) is 30.1 Å². The molecule has 1 saturated heterocycles. The van der Waals surface area contributed by atoms with Crippen LogP contribution in [0.1, 0.15) is 13.3 Å². The lowest BCUT2D eigenvalue weighted by Gasteiger charge is -2.40. The van der Waals surface area contributed by atoms with Crippen molar-refractivity contribution in [1.82, 2.24) is 0 Å². The number of hydrogen-bond acceptors (Lipinski definition) is 3. The number of likely N-dealkylation sites (N-methyl/N-ethyl adjacent to an activating group) is 1. The number of benzene rings is 1. The van der Waals surface area contributed by atoms with Crippen LogP contribution in [0.15, 0.2) is 24.3 Å². The largest absolute Gasteiger partial charge is 0.379 e. The van der Waals surface area contributed by atoms with Gasteiger partial charge in [-0.25, -0.2) is 4.39 Å². The minimum atomic E-state index is -0.253.